The minimum Gasteiger partial charge on any atom is -0.444 e. The molecule has 0 radical (unpaired) electrons. The molecular weight excluding hydrogens is 258 g/mol. The van der Waals surface area contributed by atoms with E-state index in [4.69, 9.17) is 4.74 Å². The summed E-state index contributed by atoms with van der Waals surface area (Å²) in [5.74, 6) is 0. The predicted octanol–water partition coefficient (Wildman–Crippen LogP) is 2.14. The van der Waals surface area contributed by atoms with Gasteiger partial charge in [-0.05, 0) is 40.7 Å². The van der Waals surface area contributed by atoms with Gasteiger partial charge in [0.05, 0.1) is 12.1 Å². The van der Waals surface area contributed by atoms with Gasteiger partial charge in [0.1, 0.15) is 5.60 Å². The number of hydrogen-bond donors (Lipinski definition) is 3. The van der Waals surface area contributed by atoms with Gasteiger partial charge in [-0.3, -0.25) is 4.79 Å². The molecule has 1 amide bonds. The Morgan fingerprint density at radius 1 is 1.40 bits per heavy atom. The number of hydrogen-bond acceptors (Lipinski definition) is 4. The normalized spacial score (nSPS) is 11.1. The van der Waals surface area contributed by atoms with E-state index in [2.05, 4.69) is 15.6 Å². The van der Waals surface area contributed by atoms with Gasteiger partial charge in [-0.15, -0.1) is 0 Å². The number of alkyl carbamates (subject to hydrolysis) is 1. The highest BCUT2D eigenvalue weighted by Crippen LogP contribution is 2.12. The highest BCUT2D eigenvalue weighted by atomic mass is 16.6. The van der Waals surface area contributed by atoms with Crippen molar-refractivity contribution in [2.24, 2.45) is 0 Å². The fourth-order valence-electron chi connectivity index (χ4n) is 1.71. The zero-order valence-corrected chi connectivity index (χ0v) is 12.7. The van der Waals surface area contributed by atoms with Crippen LogP contribution in [0.1, 0.15) is 39.0 Å². The van der Waals surface area contributed by atoms with E-state index in [0.717, 1.165) is 11.4 Å². The molecule has 3 N–H and O–H groups in total. The van der Waals surface area contributed by atoms with Gasteiger partial charge >= 0.3 is 6.09 Å². The van der Waals surface area contributed by atoms with E-state index >= 15 is 0 Å². The minimum absolute atomic E-state index is 0.118. The maximum absolute atomic E-state index is 11.9. The fourth-order valence-corrected chi connectivity index (χ4v) is 1.71. The number of aryl methyl sites for hydroxylation is 1. The second kappa shape index (κ2) is 6.45. The molecule has 20 heavy (non-hydrogen) atoms. The van der Waals surface area contributed by atoms with E-state index in [1.807, 2.05) is 19.9 Å². The van der Waals surface area contributed by atoms with Crippen LogP contribution >= 0.6 is 0 Å². The molecule has 112 valence electrons. The summed E-state index contributed by atoms with van der Waals surface area (Å²) < 4.78 is 5.14. The van der Waals surface area contributed by atoms with E-state index in [1.165, 1.54) is 0 Å². The lowest BCUT2D eigenvalue weighted by atomic mass is 10.2. The average Bonchev–Trinajstić information content (AvgIpc) is 2.25. The van der Waals surface area contributed by atoms with E-state index in [-0.39, 0.29) is 12.1 Å². The fraction of sp³-hybridized carbons (Fsp3) is 0.571. The molecule has 0 aliphatic rings. The SMILES string of the molecule is CCNc1cc(C)[nH]c(=O)c1CNC(=O)OC(C)(C)C. The second-order valence-electron chi connectivity index (χ2n) is 5.56. The minimum atomic E-state index is -0.561. The highest BCUT2D eigenvalue weighted by molar-refractivity contribution is 5.68. The first-order valence-corrected chi connectivity index (χ1v) is 6.66. The molecule has 1 aromatic rings. The van der Waals surface area contributed by atoms with Crippen LogP contribution in [0, 0.1) is 6.92 Å². The number of rotatable bonds is 4. The Morgan fingerprint density at radius 2 is 2.05 bits per heavy atom. The number of carbonyl (C=O) groups is 1. The summed E-state index contributed by atoms with van der Waals surface area (Å²) >= 11 is 0. The summed E-state index contributed by atoms with van der Waals surface area (Å²) in [6.07, 6.45) is -0.542. The molecule has 1 aromatic heterocycles. The Labute approximate surface area is 118 Å². The summed E-state index contributed by atoms with van der Waals surface area (Å²) in [4.78, 5) is 26.3. The average molecular weight is 281 g/mol. The first-order chi connectivity index (χ1) is 9.23. The molecule has 6 heteroatoms. The standard InChI is InChI=1S/C14H23N3O3/c1-6-15-11-7-9(2)17-12(18)10(11)8-16-13(19)20-14(3,4)5/h7H,6,8H2,1-5H3,(H,16,19)(H2,15,17,18). The first-order valence-electron chi connectivity index (χ1n) is 6.66. The van der Waals surface area contributed by atoms with E-state index in [9.17, 15) is 9.59 Å². The smallest absolute Gasteiger partial charge is 0.407 e. The number of amides is 1. The van der Waals surface area contributed by atoms with Crippen molar-refractivity contribution in [2.75, 3.05) is 11.9 Å². The molecule has 0 fully saturated rings. The Bertz CT molecular complexity index is 529. The van der Waals surface area contributed by atoms with Crippen LogP contribution in [0.15, 0.2) is 10.9 Å². The molecule has 1 heterocycles. The van der Waals surface area contributed by atoms with Crippen LogP contribution < -0.4 is 16.2 Å². The third-order valence-corrected chi connectivity index (χ3v) is 2.45. The van der Waals surface area contributed by atoms with Crippen LogP contribution in [0.2, 0.25) is 0 Å². The van der Waals surface area contributed by atoms with Gasteiger partial charge in [-0.1, -0.05) is 0 Å². The van der Waals surface area contributed by atoms with Gasteiger partial charge in [0.2, 0.25) is 0 Å². The molecule has 0 aliphatic heterocycles. The van der Waals surface area contributed by atoms with Crippen molar-refractivity contribution in [3.8, 4) is 0 Å². The zero-order valence-electron chi connectivity index (χ0n) is 12.7. The number of H-pyrrole nitrogens is 1. The van der Waals surface area contributed by atoms with Crippen molar-refractivity contribution in [1.29, 1.82) is 0 Å². The molecule has 0 saturated heterocycles. The van der Waals surface area contributed by atoms with E-state index in [1.54, 1.807) is 20.8 Å². The molecule has 0 aliphatic carbocycles. The maximum atomic E-state index is 11.9. The Kier molecular flexibility index (Phi) is 5.19. The number of anilines is 1. The topological polar surface area (TPSA) is 83.2 Å². The van der Waals surface area contributed by atoms with Gasteiger partial charge in [0.25, 0.3) is 5.56 Å². The van der Waals surface area contributed by atoms with Gasteiger partial charge in [0.15, 0.2) is 0 Å². The molecule has 0 aromatic carbocycles. The summed E-state index contributed by atoms with van der Waals surface area (Å²) in [7, 11) is 0. The van der Waals surface area contributed by atoms with Gasteiger partial charge in [-0.25, -0.2) is 4.79 Å². The molecule has 6 nitrogen and oxygen atoms in total. The number of nitrogens with one attached hydrogen (secondary N) is 3. The predicted molar refractivity (Wildman–Crippen MR) is 79.0 cm³/mol. The lowest BCUT2D eigenvalue weighted by Crippen LogP contribution is -2.34. The summed E-state index contributed by atoms with van der Waals surface area (Å²) in [5, 5.41) is 5.71. The van der Waals surface area contributed by atoms with Crippen molar-refractivity contribution in [3.63, 3.8) is 0 Å². The molecule has 0 spiro atoms. The Hall–Kier alpha value is -1.98. The molecular formula is C14H23N3O3. The third kappa shape index (κ3) is 4.95. The first kappa shape index (κ1) is 16.1. The number of carbonyl (C=O) groups excluding carboxylic acids is 1. The van der Waals surface area contributed by atoms with Crippen molar-refractivity contribution in [3.05, 3.63) is 27.7 Å². The number of aromatic nitrogens is 1. The molecule has 0 saturated carbocycles. The van der Waals surface area contributed by atoms with Gasteiger partial charge in [-0.2, -0.15) is 0 Å². The summed E-state index contributed by atoms with van der Waals surface area (Å²) in [5.41, 5.74) is 1.21. The van der Waals surface area contributed by atoms with E-state index in [0.29, 0.717) is 12.1 Å². The number of aromatic amines is 1. The lowest BCUT2D eigenvalue weighted by molar-refractivity contribution is 0.0523. The van der Waals surface area contributed by atoms with Crippen molar-refractivity contribution in [1.82, 2.24) is 10.3 Å². The number of ether oxygens (including phenoxy) is 1. The van der Waals surface area contributed by atoms with Crippen LogP contribution in [-0.2, 0) is 11.3 Å². The Morgan fingerprint density at radius 3 is 2.60 bits per heavy atom. The molecule has 0 atom stereocenters. The Balaban J connectivity index is 2.82. The molecule has 0 bridgehead atoms. The summed E-state index contributed by atoms with van der Waals surface area (Å²) in [6.45, 7) is 9.93. The maximum Gasteiger partial charge on any atom is 0.407 e. The van der Waals surface area contributed by atoms with Crippen molar-refractivity contribution < 1.29 is 9.53 Å². The van der Waals surface area contributed by atoms with Crippen LogP contribution in [0.4, 0.5) is 10.5 Å². The third-order valence-electron chi connectivity index (χ3n) is 2.45. The second-order valence-corrected chi connectivity index (χ2v) is 5.56. The van der Waals surface area contributed by atoms with Crippen LogP contribution in [0.3, 0.4) is 0 Å². The van der Waals surface area contributed by atoms with Crippen molar-refractivity contribution >= 4 is 11.8 Å². The molecule has 1 rings (SSSR count). The van der Waals surface area contributed by atoms with Crippen LogP contribution in [0.5, 0.6) is 0 Å². The van der Waals surface area contributed by atoms with Crippen LogP contribution in [0.25, 0.3) is 0 Å². The number of pyridine rings is 1. The van der Waals surface area contributed by atoms with Crippen molar-refractivity contribution in [2.45, 2.75) is 46.8 Å². The monoisotopic (exact) mass is 281 g/mol. The van der Waals surface area contributed by atoms with Gasteiger partial charge in [0, 0.05) is 17.9 Å². The van der Waals surface area contributed by atoms with Crippen LogP contribution in [-0.4, -0.2) is 23.2 Å². The largest absolute Gasteiger partial charge is 0.444 e. The molecule has 0 unspecified atom stereocenters. The quantitative estimate of drug-likeness (QED) is 0.789. The van der Waals surface area contributed by atoms with E-state index < -0.39 is 11.7 Å². The zero-order chi connectivity index (χ0) is 15.3. The highest BCUT2D eigenvalue weighted by Gasteiger charge is 2.17. The lowest BCUT2D eigenvalue weighted by Gasteiger charge is -2.20. The summed E-state index contributed by atoms with van der Waals surface area (Å²) in [6, 6.07) is 1.84. The van der Waals surface area contributed by atoms with Gasteiger partial charge < -0.3 is 20.4 Å².